The van der Waals surface area contributed by atoms with E-state index in [2.05, 4.69) is 10.0 Å². The van der Waals surface area contributed by atoms with Crippen molar-refractivity contribution < 1.29 is 50.4 Å². The number of amides is 1. The number of sulfonamides is 2. The highest BCUT2D eigenvalue weighted by Crippen LogP contribution is 2.36. The number of aliphatic hydroxyl groups excluding tert-OH is 1. The van der Waals surface area contributed by atoms with Gasteiger partial charge in [0.05, 0.1) is 41.9 Å². The lowest BCUT2D eigenvalue weighted by Gasteiger charge is -2.35. The molecule has 5 atom stereocenters. The summed E-state index contributed by atoms with van der Waals surface area (Å²) in [7, 11) is -7.52. The monoisotopic (exact) mass is 753 g/mol. The summed E-state index contributed by atoms with van der Waals surface area (Å²) in [5, 5.41) is 14.6. The molecule has 51 heavy (non-hydrogen) atoms. The number of carbonyl (C=O) groups is 1. The molecule has 0 unspecified atom stereocenters. The first-order valence-corrected chi connectivity index (χ1v) is 20.6. The van der Waals surface area contributed by atoms with Gasteiger partial charge >= 0.3 is 6.09 Å². The molecule has 3 heterocycles. The smallest absolute Gasteiger partial charge is 0.407 e. The van der Waals surface area contributed by atoms with E-state index in [4.69, 9.17) is 23.7 Å². The zero-order valence-electron chi connectivity index (χ0n) is 29.5. The molecule has 2 aromatic rings. The van der Waals surface area contributed by atoms with Crippen molar-refractivity contribution in [2.24, 2.45) is 11.3 Å². The predicted molar refractivity (Wildman–Crippen MR) is 188 cm³/mol. The number of benzene rings is 2. The molecule has 1 amide bonds. The fourth-order valence-electron chi connectivity index (χ4n) is 6.65. The molecule has 3 aliphatic heterocycles. The summed E-state index contributed by atoms with van der Waals surface area (Å²) in [4.78, 5) is 13.2. The van der Waals surface area contributed by atoms with Crippen LogP contribution in [0.25, 0.3) is 0 Å². The number of rotatable bonds is 19. The lowest BCUT2D eigenvalue weighted by atomic mass is 9.87. The van der Waals surface area contributed by atoms with Gasteiger partial charge in [0.1, 0.15) is 6.10 Å². The second-order valence-corrected chi connectivity index (χ2v) is 18.0. The van der Waals surface area contributed by atoms with Crippen LogP contribution < -0.4 is 19.5 Å². The predicted octanol–water partition coefficient (Wildman–Crippen LogP) is 3.39. The summed E-state index contributed by atoms with van der Waals surface area (Å²) in [6, 6.07) is 12.8. The number of nitrogens with zero attached hydrogens (tertiary/aromatic N) is 1. The number of unbranched alkanes of at least 4 members (excludes halogenated alkanes) is 1. The molecule has 3 aliphatic rings. The van der Waals surface area contributed by atoms with E-state index < -0.39 is 56.1 Å². The van der Waals surface area contributed by atoms with Crippen molar-refractivity contribution in [3.05, 3.63) is 54.1 Å². The van der Waals surface area contributed by atoms with Gasteiger partial charge in [-0.25, -0.2) is 26.4 Å². The first-order valence-electron chi connectivity index (χ1n) is 17.6. The highest BCUT2D eigenvalue weighted by molar-refractivity contribution is 7.89. The van der Waals surface area contributed by atoms with Crippen LogP contribution in [0, 0.1) is 11.3 Å². The standard InChI is InChI=1S/C35H51N3O11S2/c1-4-18-50(41,42)36-16-9-8-15-35(2,3)23-38(51(43,44)26-12-13-30-31(20-26)48-24-47-30)21-29(39)28(19-25-10-6-5-7-11-25)37-34(40)49-32-22-46-33-27(32)14-17-45-33/h5-7,10-13,20,27-29,32-33,36,39H,4,8-9,14-19,21-24H2,1-3H3,(H,37,40)/t27-,28-,29+,32-,33+/m0/s1. The van der Waals surface area contributed by atoms with Gasteiger partial charge in [-0.15, -0.1) is 0 Å². The van der Waals surface area contributed by atoms with E-state index >= 15 is 0 Å². The summed E-state index contributed by atoms with van der Waals surface area (Å²) < 4.78 is 84.4. The number of hydrogen-bond acceptors (Lipinski definition) is 11. The van der Waals surface area contributed by atoms with Crippen molar-refractivity contribution in [3.8, 4) is 11.5 Å². The molecule has 5 rings (SSSR count). The SMILES string of the molecule is CCCS(=O)(=O)NCCCCC(C)(C)CN(C[C@@H](O)[C@H](Cc1ccccc1)NC(=O)O[C@H]1CO[C@H]2OCC[C@H]21)S(=O)(=O)c1ccc2c(c1)OCO2. The normalized spacial score (nSPS) is 21.4. The molecular formula is C35H51N3O11S2. The van der Waals surface area contributed by atoms with Gasteiger partial charge in [-0.3, -0.25) is 0 Å². The second-order valence-electron chi connectivity index (χ2n) is 14.1. The average molecular weight is 754 g/mol. The Morgan fingerprint density at radius 1 is 1.06 bits per heavy atom. The molecule has 0 aromatic heterocycles. The van der Waals surface area contributed by atoms with Crippen LogP contribution in [0.2, 0.25) is 0 Å². The van der Waals surface area contributed by atoms with E-state index in [0.717, 1.165) is 5.56 Å². The van der Waals surface area contributed by atoms with Gasteiger partial charge in [-0.1, -0.05) is 57.5 Å². The van der Waals surface area contributed by atoms with Gasteiger partial charge in [0, 0.05) is 25.7 Å². The third-order valence-corrected chi connectivity index (χ3v) is 12.8. The van der Waals surface area contributed by atoms with Crippen LogP contribution in [-0.4, -0.2) is 102 Å². The molecule has 0 saturated carbocycles. The quantitative estimate of drug-likeness (QED) is 0.179. The second kappa shape index (κ2) is 17.2. The number of ether oxygens (including phenoxy) is 5. The maximum Gasteiger partial charge on any atom is 0.407 e. The Labute approximate surface area is 301 Å². The zero-order chi connectivity index (χ0) is 36.6. The Balaban J connectivity index is 1.33. The molecule has 16 heteroatoms. The van der Waals surface area contributed by atoms with Crippen molar-refractivity contribution >= 4 is 26.1 Å². The Morgan fingerprint density at radius 3 is 2.59 bits per heavy atom. The van der Waals surface area contributed by atoms with Crippen LogP contribution in [0.15, 0.2) is 53.4 Å². The first kappa shape index (κ1) is 39.2. The fraction of sp³-hybridized carbons (Fsp3) is 0.629. The minimum atomic E-state index is -4.20. The third-order valence-electron chi connectivity index (χ3n) is 9.36. The van der Waals surface area contributed by atoms with Crippen molar-refractivity contribution in [3.63, 3.8) is 0 Å². The van der Waals surface area contributed by atoms with Gasteiger partial charge in [-0.2, -0.15) is 4.31 Å². The molecule has 0 aliphatic carbocycles. The molecule has 2 aromatic carbocycles. The number of fused-ring (bicyclic) bond motifs is 2. The van der Waals surface area contributed by atoms with Crippen molar-refractivity contribution in [2.45, 2.75) is 88.7 Å². The molecule has 0 bridgehead atoms. The summed E-state index contributed by atoms with van der Waals surface area (Å²) >= 11 is 0. The molecule has 0 spiro atoms. The molecule has 3 N–H and O–H groups in total. The highest BCUT2D eigenvalue weighted by atomic mass is 32.2. The van der Waals surface area contributed by atoms with Gasteiger partial charge in [0.15, 0.2) is 17.8 Å². The molecule has 0 radical (unpaired) electrons. The molecule has 2 saturated heterocycles. The van der Waals surface area contributed by atoms with Crippen LogP contribution in [0.5, 0.6) is 11.5 Å². The summed E-state index contributed by atoms with van der Waals surface area (Å²) in [5.41, 5.74) is 0.255. The Bertz CT molecular complexity index is 1670. The maximum atomic E-state index is 14.3. The van der Waals surface area contributed by atoms with Crippen LogP contribution in [0.3, 0.4) is 0 Å². The van der Waals surface area contributed by atoms with Gasteiger partial charge in [0.2, 0.25) is 26.8 Å². The van der Waals surface area contributed by atoms with E-state index in [-0.39, 0.29) is 49.5 Å². The lowest BCUT2D eigenvalue weighted by Crippen LogP contribution is -2.52. The molecule has 284 valence electrons. The van der Waals surface area contributed by atoms with E-state index in [1.807, 2.05) is 44.2 Å². The Hall–Kier alpha value is -2.99. The number of nitrogens with one attached hydrogen (secondary N) is 2. The number of aliphatic hydroxyl groups is 1. The van der Waals surface area contributed by atoms with Gasteiger partial charge < -0.3 is 34.1 Å². The lowest BCUT2D eigenvalue weighted by molar-refractivity contribution is -0.0907. The Kier molecular flexibility index (Phi) is 13.2. The molecule has 2 fully saturated rings. The van der Waals surface area contributed by atoms with Gasteiger partial charge in [0.25, 0.3) is 0 Å². The number of carbonyl (C=O) groups excluding carboxylic acids is 1. The van der Waals surface area contributed by atoms with Crippen LogP contribution in [0.1, 0.15) is 58.4 Å². The fourth-order valence-corrected chi connectivity index (χ4v) is 9.44. The van der Waals surface area contributed by atoms with Crippen LogP contribution >= 0.6 is 0 Å². The van der Waals surface area contributed by atoms with Crippen molar-refractivity contribution in [1.29, 1.82) is 0 Å². The number of alkyl carbamates (subject to hydrolysis) is 1. The maximum absolute atomic E-state index is 14.3. The summed E-state index contributed by atoms with van der Waals surface area (Å²) in [6.07, 6.45) is 0.256. The largest absolute Gasteiger partial charge is 0.454 e. The van der Waals surface area contributed by atoms with Crippen LogP contribution in [0.4, 0.5) is 4.79 Å². The van der Waals surface area contributed by atoms with Gasteiger partial charge in [-0.05, 0) is 55.2 Å². The van der Waals surface area contributed by atoms with Crippen LogP contribution in [-0.2, 0) is 40.7 Å². The minimum Gasteiger partial charge on any atom is -0.454 e. The van der Waals surface area contributed by atoms with E-state index in [1.165, 1.54) is 22.5 Å². The minimum absolute atomic E-state index is 0.0206. The summed E-state index contributed by atoms with van der Waals surface area (Å²) in [5.74, 6) is 0.730. The molecular weight excluding hydrogens is 703 g/mol. The number of hydrogen-bond donors (Lipinski definition) is 3. The van der Waals surface area contributed by atoms with E-state index in [9.17, 15) is 26.7 Å². The van der Waals surface area contributed by atoms with Crippen molar-refractivity contribution in [2.75, 3.05) is 45.4 Å². The van der Waals surface area contributed by atoms with E-state index in [1.54, 1.807) is 6.92 Å². The average Bonchev–Trinajstić information content (AvgIpc) is 3.83. The third kappa shape index (κ3) is 10.8. The first-order chi connectivity index (χ1) is 24.3. The topological polar surface area (TPSA) is 179 Å². The highest BCUT2D eigenvalue weighted by Gasteiger charge is 2.44. The zero-order valence-corrected chi connectivity index (χ0v) is 31.1. The van der Waals surface area contributed by atoms with E-state index in [0.29, 0.717) is 56.8 Å². The van der Waals surface area contributed by atoms with Crippen molar-refractivity contribution in [1.82, 2.24) is 14.3 Å². The Morgan fingerprint density at radius 2 is 1.82 bits per heavy atom. The molecule has 14 nitrogen and oxygen atoms in total. The summed E-state index contributed by atoms with van der Waals surface area (Å²) in [6.45, 7) is 6.37.